The minimum absolute atomic E-state index is 0.248. The number of hydrogen-bond donors (Lipinski definition) is 1. The number of hydrogen-bond acceptors (Lipinski definition) is 4. The van der Waals surface area contributed by atoms with E-state index in [1.807, 2.05) is 66.0 Å². The number of fused-ring (bicyclic) bond motifs is 1. The number of para-hydroxylation sites is 1. The Bertz CT molecular complexity index is 1500. The van der Waals surface area contributed by atoms with E-state index in [-0.39, 0.29) is 5.91 Å². The summed E-state index contributed by atoms with van der Waals surface area (Å²) in [6.45, 7) is 0. The first-order chi connectivity index (χ1) is 16.0. The molecule has 1 N–H and O–H groups in total. The number of aromatic nitrogens is 2. The Morgan fingerprint density at radius 2 is 1.61 bits per heavy atom. The van der Waals surface area contributed by atoms with Gasteiger partial charge in [-0.2, -0.15) is 0 Å². The SMILES string of the molecule is O=C(Nc1nc(-c2ccc(Cl)c(Cl)c2)cs1)c1cc(-c2ccc(Br)cc2)nc2ccccc12. The third-order valence-corrected chi connectivity index (χ3v) is 7.07. The van der Waals surface area contributed by atoms with Crippen molar-refractivity contribution in [3.05, 3.63) is 98.3 Å². The number of amides is 1. The number of nitrogens with zero attached hydrogens (tertiary/aromatic N) is 2. The zero-order valence-electron chi connectivity index (χ0n) is 16.9. The topological polar surface area (TPSA) is 54.9 Å². The van der Waals surface area contributed by atoms with Gasteiger partial charge in [0.15, 0.2) is 5.13 Å². The molecule has 0 aliphatic heterocycles. The molecule has 0 fully saturated rings. The first kappa shape index (κ1) is 22.0. The van der Waals surface area contributed by atoms with Gasteiger partial charge in [-0.15, -0.1) is 11.3 Å². The Kier molecular flexibility index (Phi) is 6.17. The Labute approximate surface area is 212 Å². The van der Waals surface area contributed by atoms with Crippen LogP contribution >= 0.6 is 50.5 Å². The molecule has 5 rings (SSSR count). The molecule has 0 atom stereocenters. The minimum atomic E-state index is -0.248. The number of benzene rings is 3. The van der Waals surface area contributed by atoms with E-state index < -0.39 is 0 Å². The lowest BCUT2D eigenvalue weighted by Crippen LogP contribution is -2.13. The number of pyridine rings is 1. The second-order valence-corrected chi connectivity index (χ2v) is 9.79. The van der Waals surface area contributed by atoms with Crippen LogP contribution in [-0.4, -0.2) is 15.9 Å². The van der Waals surface area contributed by atoms with E-state index in [0.717, 1.165) is 32.2 Å². The van der Waals surface area contributed by atoms with E-state index in [9.17, 15) is 4.79 Å². The van der Waals surface area contributed by atoms with Crippen LogP contribution in [0.4, 0.5) is 5.13 Å². The molecule has 2 aromatic heterocycles. The van der Waals surface area contributed by atoms with E-state index in [1.165, 1.54) is 11.3 Å². The molecule has 3 aromatic carbocycles. The predicted molar refractivity (Wildman–Crippen MR) is 140 cm³/mol. The van der Waals surface area contributed by atoms with E-state index in [1.54, 1.807) is 12.1 Å². The normalized spacial score (nSPS) is 11.0. The van der Waals surface area contributed by atoms with Crippen molar-refractivity contribution in [3.63, 3.8) is 0 Å². The molecule has 162 valence electrons. The van der Waals surface area contributed by atoms with Crippen molar-refractivity contribution < 1.29 is 4.79 Å². The van der Waals surface area contributed by atoms with Crippen molar-refractivity contribution in [1.29, 1.82) is 0 Å². The largest absolute Gasteiger partial charge is 0.298 e. The van der Waals surface area contributed by atoms with Gasteiger partial charge in [0, 0.05) is 26.4 Å². The summed E-state index contributed by atoms with van der Waals surface area (Å²) in [6.07, 6.45) is 0. The fraction of sp³-hybridized carbons (Fsp3) is 0. The highest BCUT2D eigenvalue weighted by molar-refractivity contribution is 9.10. The molecule has 5 aromatic rings. The molecule has 0 spiro atoms. The third-order valence-electron chi connectivity index (χ3n) is 5.04. The van der Waals surface area contributed by atoms with Crippen LogP contribution in [0.15, 0.2) is 82.6 Å². The van der Waals surface area contributed by atoms with E-state index in [0.29, 0.717) is 26.4 Å². The maximum absolute atomic E-state index is 13.3. The molecule has 8 heteroatoms. The average molecular weight is 555 g/mol. The molecule has 0 saturated heterocycles. The number of carbonyl (C=O) groups is 1. The average Bonchev–Trinajstić information content (AvgIpc) is 3.29. The molecule has 0 bridgehead atoms. The molecule has 0 aliphatic carbocycles. The highest BCUT2D eigenvalue weighted by Gasteiger charge is 2.16. The highest BCUT2D eigenvalue weighted by Crippen LogP contribution is 2.31. The summed E-state index contributed by atoms with van der Waals surface area (Å²) in [5.74, 6) is -0.248. The van der Waals surface area contributed by atoms with Crippen molar-refractivity contribution in [2.75, 3.05) is 5.32 Å². The summed E-state index contributed by atoms with van der Waals surface area (Å²) in [4.78, 5) is 22.6. The van der Waals surface area contributed by atoms with Crippen molar-refractivity contribution in [3.8, 4) is 22.5 Å². The lowest BCUT2D eigenvalue weighted by Gasteiger charge is -2.10. The zero-order valence-corrected chi connectivity index (χ0v) is 20.8. The van der Waals surface area contributed by atoms with Crippen LogP contribution in [0.1, 0.15) is 10.4 Å². The van der Waals surface area contributed by atoms with Crippen LogP contribution < -0.4 is 5.32 Å². The smallest absolute Gasteiger partial charge is 0.258 e. The number of anilines is 1. The van der Waals surface area contributed by atoms with Crippen LogP contribution in [0, 0.1) is 0 Å². The van der Waals surface area contributed by atoms with E-state index >= 15 is 0 Å². The third kappa shape index (κ3) is 4.66. The lowest BCUT2D eigenvalue weighted by molar-refractivity contribution is 0.102. The van der Waals surface area contributed by atoms with Gasteiger partial charge in [-0.1, -0.05) is 75.5 Å². The van der Waals surface area contributed by atoms with Crippen LogP contribution in [0.2, 0.25) is 10.0 Å². The summed E-state index contributed by atoms with van der Waals surface area (Å²) in [6, 6.07) is 22.6. The molecule has 0 aliphatic rings. The number of nitrogens with one attached hydrogen (secondary N) is 1. The molecule has 2 heterocycles. The fourth-order valence-electron chi connectivity index (χ4n) is 3.42. The molecule has 0 unspecified atom stereocenters. The lowest BCUT2D eigenvalue weighted by atomic mass is 10.0. The Hall–Kier alpha value is -2.77. The Balaban J connectivity index is 1.49. The highest BCUT2D eigenvalue weighted by atomic mass is 79.9. The molecule has 4 nitrogen and oxygen atoms in total. The summed E-state index contributed by atoms with van der Waals surface area (Å²) < 4.78 is 0.978. The first-order valence-electron chi connectivity index (χ1n) is 9.86. The van der Waals surface area contributed by atoms with Crippen LogP contribution in [-0.2, 0) is 0 Å². The number of halogens is 3. The van der Waals surface area contributed by atoms with Crippen molar-refractivity contribution >= 4 is 72.4 Å². The van der Waals surface area contributed by atoms with Crippen molar-refractivity contribution in [1.82, 2.24) is 9.97 Å². The second kappa shape index (κ2) is 9.23. The first-order valence-corrected chi connectivity index (χ1v) is 12.3. The molecular weight excluding hydrogens is 541 g/mol. The molecule has 33 heavy (non-hydrogen) atoms. The predicted octanol–water partition coefficient (Wildman–Crippen LogP) is 8.35. The van der Waals surface area contributed by atoms with Crippen LogP contribution in [0.3, 0.4) is 0 Å². The maximum Gasteiger partial charge on any atom is 0.258 e. The molecule has 0 saturated carbocycles. The number of carbonyl (C=O) groups excluding carboxylic acids is 1. The summed E-state index contributed by atoms with van der Waals surface area (Å²) in [5, 5.41) is 7.00. The minimum Gasteiger partial charge on any atom is -0.298 e. The fourth-order valence-corrected chi connectivity index (χ4v) is 4.69. The van der Waals surface area contributed by atoms with Gasteiger partial charge in [-0.3, -0.25) is 10.1 Å². The summed E-state index contributed by atoms with van der Waals surface area (Å²) >= 11 is 16.9. The van der Waals surface area contributed by atoms with Gasteiger partial charge < -0.3 is 0 Å². The Morgan fingerprint density at radius 3 is 2.39 bits per heavy atom. The summed E-state index contributed by atoms with van der Waals surface area (Å²) in [7, 11) is 0. The Morgan fingerprint density at radius 1 is 0.848 bits per heavy atom. The van der Waals surface area contributed by atoms with Crippen molar-refractivity contribution in [2.45, 2.75) is 0 Å². The molecule has 1 amide bonds. The molecular formula is C25H14BrCl2N3OS. The summed E-state index contributed by atoms with van der Waals surface area (Å²) in [5.41, 5.74) is 4.47. The number of thiazole rings is 1. The van der Waals surface area contributed by atoms with E-state index in [4.69, 9.17) is 28.2 Å². The van der Waals surface area contributed by atoms with Crippen LogP contribution in [0.5, 0.6) is 0 Å². The van der Waals surface area contributed by atoms with Gasteiger partial charge >= 0.3 is 0 Å². The number of rotatable bonds is 4. The zero-order chi connectivity index (χ0) is 22.9. The monoisotopic (exact) mass is 553 g/mol. The van der Waals surface area contributed by atoms with E-state index in [2.05, 4.69) is 26.2 Å². The maximum atomic E-state index is 13.3. The molecule has 0 radical (unpaired) electrons. The van der Waals surface area contributed by atoms with Gasteiger partial charge in [0.25, 0.3) is 5.91 Å². The van der Waals surface area contributed by atoms with Gasteiger partial charge in [0.1, 0.15) is 0 Å². The standard InChI is InChI=1S/C25H14BrCl2N3OS/c26-16-8-5-14(6-9-16)22-12-18(17-3-1-2-4-21(17)29-22)24(32)31-25-30-23(13-33-25)15-7-10-19(27)20(28)11-15/h1-13H,(H,30,31,32). The van der Waals surface area contributed by atoms with Gasteiger partial charge in [0.05, 0.1) is 32.5 Å². The van der Waals surface area contributed by atoms with Gasteiger partial charge in [-0.25, -0.2) is 9.97 Å². The van der Waals surface area contributed by atoms with Gasteiger partial charge in [0.2, 0.25) is 0 Å². The second-order valence-electron chi connectivity index (χ2n) is 7.20. The van der Waals surface area contributed by atoms with Gasteiger partial charge in [-0.05, 0) is 36.4 Å². The van der Waals surface area contributed by atoms with Crippen molar-refractivity contribution in [2.24, 2.45) is 0 Å². The quantitative estimate of drug-likeness (QED) is 0.243. The van der Waals surface area contributed by atoms with Crippen LogP contribution in [0.25, 0.3) is 33.4 Å².